The Morgan fingerprint density at radius 1 is 1.00 bits per heavy atom. The summed E-state index contributed by atoms with van der Waals surface area (Å²) in [6.07, 6.45) is 0. The summed E-state index contributed by atoms with van der Waals surface area (Å²) >= 11 is 0. The molecule has 0 aliphatic rings. The fourth-order valence-electron chi connectivity index (χ4n) is 2.11. The number of aromatic nitrogens is 1. The smallest absolute Gasteiger partial charge is 0.130 e. The third-order valence-electron chi connectivity index (χ3n) is 3.20. The number of hydrogen-bond acceptors (Lipinski definition) is 4. The number of benzene rings is 2. The number of ether oxygens (including phenoxy) is 2. The van der Waals surface area contributed by atoms with Gasteiger partial charge in [0.15, 0.2) is 0 Å². The normalized spacial score (nSPS) is 10.5. The first-order chi connectivity index (χ1) is 10.2. The molecule has 3 aromatic rings. The van der Waals surface area contributed by atoms with Crippen LogP contribution in [-0.2, 0) is 6.61 Å². The molecule has 0 aliphatic heterocycles. The second kappa shape index (κ2) is 5.71. The van der Waals surface area contributed by atoms with Gasteiger partial charge in [-0.3, -0.25) is 0 Å². The van der Waals surface area contributed by atoms with E-state index in [1.807, 2.05) is 48.5 Å². The van der Waals surface area contributed by atoms with Gasteiger partial charge in [-0.15, -0.1) is 0 Å². The zero-order valence-electron chi connectivity index (χ0n) is 11.7. The Morgan fingerprint density at radius 3 is 2.67 bits per heavy atom. The molecule has 0 atom stereocenters. The SMILES string of the molecule is COc1ccc2ccc(COc3cccc(N)c3)nc2c1. The van der Waals surface area contributed by atoms with Gasteiger partial charge in [-0.05, 0) is 30.3 Å². The molecule has 0 amide bonds. The van der Waals surface area contributed by atoms with E-state index in [1.165, 1.54) is 0 Å². The van der Waals surface area contributed by atoms with E-state index in [0.717, 1.165) is 28.1 Å². The van der Waals surface area contributed by atoms with E-state index >= 15 is 0 Å². The van der Waals surface area contributed by atoms with Gasteiger partial charge in [-0.25, -0.2) is 4.98 Å². The molecular weight excluding hydrogens is 264 g/mol. The van der Waals surface area contributed by atoms with Gasteiger partial charge in [0.2, 0.25) is 0 Å². The monoisotopic (exact) mass is 280 g/mol. The molecule has 0 fully saturated rings. The van der Waals surface area contributed by atoms with Crippen molar-refractivity contribution in [3.05, 3.63) is 60.3 Å². The van der Waals surface area contributed by atoms with Crippen LogP contribution in [0.1, 0.15) is 5.69 Å². The molecule has 4 nitrogen and oxygen atoms in total. The Balaban J connectivity index is 1.80. The Bertz CT molecular complexity index is 772. The number of nitrogen functional groups attached to an aromatic ring is 1. The van der Waals surface area contributed by atoms with Crippen LogP contribution in [0.15, 0.2) is 54.6 Å². The molecule has 2 N–H and O–H groups in total. The maximum atomic E-state index is 5.72. The highest BCUT2D eigenvalue weighted by molar-refractivity contribution is 5.80. The molecular formula is C17H16N2O2. The van der Waals surface area contributed by atoms with Crippen LogP contribution in [0.5, 0.6) is 11.5 Å². The van der Waals surface area contributed by atoms with Crippen LogP contribution in [-0.4, -0.2) is 12.1 Å². The first kappa shape index (κ1) is 13.2. The van der Waals surface area contributed by atoms with E-state index in [9.17, 15) is 0 Å². The van der Waals surface area contributed by atoms with E-state index in [-0.39, 0.29) is 0 Å². The van der Waals surface area contributed by atoms with Gasteiger partial charge in [-0.1, -0.05) is 12.1 Å². The van der Waals surface area contributed by atoms with E-state index in [4.69, 9.17) is 15.2 Å². The summed E-state index contributed by atoms with van der Waals surface area (Å²) in [4.78, 5) is 4.59. The number of anilines is 1. The lowest BCUT2D eigenvalue weighted by molar-refractivity contribution is 0.302. The van der Waals surface area contributed by atoms with Crippen molar-refractivity contribution in [2.24, 2.45) is 0 Å². The standard InChI is InChI=1S/C17H16N2O2/c1-20-15-8-6-12-5-7-14(19-17(12)10-15)11-21-16-4-2-3-13(18)9-16/h2-10H,11,18H2,1H3. The quantitative estimate of drug-likeness (QED) is 0.744. The maximum Gasteiger partial charge on any atom is 0.130 e. The number of nitrogens with two attached hydrogens (primary N) is 1. The van der Waals surface area contributed by atoms with Crippen molar-refractivity contribution in [1.82, 2.24) is 4.98 Å². The van der Waals surface area contributed by atoms with Gasteiger partial charge in [0.25, 0.3) is 0 Å². The molecule has 0 saturated carbocycles. The van der Waals surface area contributed by atoms with Gasteiger partial charge < -0.3 is 15.2 Å². The van der Waals surface area contributed by atoms with Crippen LogP contribution in [0.4, 0.5) is 5.69 Å². The minimum atomic E-state index is 0.399. The highest BCUT2D eigenvalue weighted by atomic mass is 16.5. The lowest BCUT2D eigenvalue weighted by Crippen LogP contribution is -1.99. The number of rotatable bonds is 4. The highest BCUT2D eigenvalue weighted by Crippen LogP contribution is 2.20. The van der Waals surface area contributed by atoms with Crippen LogP contribution in [0.2, 0.25) is 0 Å². The molecule has 0 radical (unpaired) electrons. The summed E-state index contributed by atoms with van der Waals surface area (Å²) in [5.41, 5.74) is 8.16. The first-order valence-electron chi connectivity index (χ1n) is 6.66. The fourth-order valence-corrected chi connectivity index (χ4v) is 2.11. The highest BCUT2D eigenvalue weighted by Gasteiger charge is 2.02. The Hall–Kier alpha value is -2.75. The summed E-state index contributed by atoms with van der Waals surface area (Å²) < 4.78 is 10.9. The molecule has 2 aromatic carbocycles. The third-order valence-corrected chi connectivity index (χ3v) is 3.20. The van der Waals surface area contributed by atoms with E-state index < -0.39 is 0 Å². The molecule has 0 aliphatic carbocycles. The summed E-state index contributed by atoms with van der Waals surface area (Å²) in [5, 5.41) is 1.07. The molecule has 0 saturated heterocycles. The van der Waals surface area contributed by atoms with Crippen molar-refractivity contribution in [1.29, 1.82) is 0 Å². The van der Waals surface area contributed by atoms with E-state index in [2.05, 4.69) is 4.98 Å². The molecule has 4 heteroatoms. The van der Waals surface area contributed by atoms with Crippen molar-refractivity contribution in [3.8, 4) is 11.5 Å². The summed E-state index contributed by atoms with van der Waals surface area (Å²) in [7, 11) is 1.65. The van der Waals surface area contributed by atoms with Gasteiger partial charge in [0, 0.05) is 23.2 Å². The molecule has 21 heavy (non-hydrogen) atoms. The molecule has 1 heterocycles. The lowest BCUT2D eigenvalue weighted by Gasteiger charge is -2.08. The van der Waals surface area contributed by atoms with E-state index in [0.29, 0.717) is 12.3 Å². The average molecular weight is 280 g/mol. The summed E-state index contributed by atoms with van der Waals surface area (Å²) in [6, 6.07) is 17.2. The van der Waals surface area contributed by atoms with Crippen molar-refractivity contribution < 1.29 is 9.47 Å². The second-order valence-electron chi connectivity index (χ2n) is 4.72. The number of fused-ring (bicyclic) bond motifs is 1. The zero-order valence-corrected chi connectivity index (χ0v) is 11.7. The number of pyridine rings is 1. The summed E-state index contributed by atoms with van der Waals surface area (Å²) in [6.45, 7) is 0.399. The van der Waals surface area contributed by atoms with Gasteiger partial charge >= 0.3 is 0 Å². The van der Waals surface area contributed by atoms with E-state index in [1.54, 1.807) is 13.2 Å². The Labute approximate surface area is 123 Å². The van der Waals surface area contributed by atoms with Crippen molar-refractivity contribution in [2.45, 2.75) is 6.61 Å². The molecule has 0 spiro atoms. The fraction of sp³-hybridized carbons (Fsp3) is 0.118. The predicted molar refractivity (Wildman–Crippen MR) is 83.5 cm³/mol. The van der Waals surface area contributed by atoms with Crippen LogP contribution in [0.3, 0.4) is 0 Å². The zero-order chi connectivity index (χ0) is 14.7. The number of methoxy groups -OCH3 is 1. The minimum Gasteiger partial charge on any atom is -0.497 e. The minimum absolute atomic E-state index is 0.399. The van der Waals surface area contributed by atoms with Crippen molar-refractivity contribution in [2.75, 3.05) is 12.8 Å². The second-order valence-corrected chi connectivity index (χ2v) is 4.72. The maximum absolute atomic E-state index is 5.72. The van der Waals surface area contributed by atoms with Crippen LogP contribution < -0.4 is 15.2 Å². The number of hydrogen-bond donors (Lipinski definition) is 1. The topological polar surface area (TPSA) is 57.4 Å². The Kier molecular flexibility index (Phi) is 3.60. The van der Waals surface area contributed by atoms with Gasteiger partial charge in [0.1, 0.15) is 18.1 Å². The van der Waals surface area contributed by atoms with Crippen LogP contribution in [0, 0.1) is 0 Å². The molecule has 106 valence electrons. The molecule has 3 rings (SSSR count). The van der Waals surface area contributed by atoms with Gasteiger partial charge in [0.05, 0.1) is 18.3 Å². The van der Waals surface area contributed by atoms with Crippen molar-refractivity contribution in [3.63, 3.8) is 0 Å². The average Bonchev–Trinajstić information content (AvgIpc) is 2.52. The largest absolute Gasteiger partial charge is 0.497 e. The van der Waals surface area contributed by atoms with Crippen molar-refractivity contribution >= 4 is 16.6 Å². The van der Waals surface area contributed by atoms with Crippen LogP contribution >= 0.6 is 0 Å². The summed E-state index contributed by atoms with van der Waals surface area (Å²) in [5.74, 6) is 1.53. The number of nitrogens with zero attached hydrogens (tertiary/aromatic N) is 1. The van der Waals surface area contributed by atoms with Gasteiger partial charge in [-0.2, -0.15) is 0 Å². The lowest BCUT2D eigenvalue weighted by atomic mass is 10.2. The van der Waals surface area contributed by atoms with Crippen LogP contribution in [0.25, 0.3) is 10.9 Å². The molecule has 1 aromatic heterocycles. The molecule has 0 bridgehead atoms. The first-order valence-corrected chi connectivity index (χ1v) is 6.66. The Morgan fingerprint density at radius 2 is 1.86 bits per heavy atom. The molecule has 0 unspecified atom stereocenters. The third kappa shape index (κ3) is 3.05. The predicted octanol–water partition coefficient (Wildman–Crippen LogP) is 3.40.